The number of aryl methyl sites for hydroxylation is 1. The zero-order valence-electron chi connectivity index (χ0n) is 12.5. The average Bonchev–Trinajstić information content (AvgIpc) is 2.52. The number of nitrogens with zero attached hydrogens (tertiary/aromatic N) is 1. The van der Waals surface area contributed by atoms with E-state index < -0.39 is 0 Å². The highest BCUT2D eigenvalue weighted by Gasteiger charge is 2.12. The zero-order chi connectivity index (χ0) is 14.2. The van der Waals surface area contributed by atoms with E-state index in [2.05, 4.69) is 60.5 Å². The Morgan fingerprint density at radius 2 is 1.60 bits per heavy atom. The van der Waals surface area contributed by atoms with Gasteiger partial charge in [-0.1, -0.05) is 44.5 Å². The smallest absolute Gasteiger partial charge is 0.0577 e. The molecule has 106 valence electrons. The summed E-state index contributed by atoms with van der Waals surface area (Å²) in [4.78, 5) is 4.10. The van der Waals surface area contributed by atoms with Gasteiger partial charge in [0, 0.05) is 12.4 Å². The summed E-state index contributed by atoms with van der Waals surface area (Å²) in [6.07, 6.45) is 7.40. The van der Waals surface area contributed by atoms with Crippen molar-refractivity contribution in [2.24, 2.45) is 0 Å². The normalized spacial score (nSPS) is 12.3. The second-order valence-electron chi connectivity index (χ2n) is 5.12. The highest BCUT2D eigenvalue weighted by atomic mass is 14.9. The Bertz CT molecular complexity index is 491. The van der Waals surface area contributed by atoms with Gasteiger partial charge in [0.2, 0.25) is 0 Å². The van der Waals surface area contributed by atoms with E-state index in [1.807, 2.05) is 12.4 Å². The molecule has 1 heterocycles. The SMILES string of the molecule is CCCCc1ccc(C(NCC)c2ccncc2)cc1. The summed E-state index contributed by atoms with van der Waals surface area (Å²) in [5, 5.41) is 3.55. The average molecular weight is 268 g/mol. The minimum Gasteiger partial charge on any atom is -0.307 e. The Kier molecular flexibility index (Phi) is 5.75. The van der Waals surface area contributed by atoms with Crippen LogP contribution >= 0.6 is 0 Å². The number of pyridine rings is 1. The molecule has 1 unspecified atom stereocenters. The van der Waals surface area contributed by atoms with Gasteiger partial charge in [0.25, 0.3) is 0 Å². The van der Waals surface area contributed by atoms with Crippen LogP contribution in [0.5, 0.6) is 0 Å². The molecule has 0 amide bonds. The number of hydrogen-bond donors (Lipinski definition) is 1. The lowest BCUT2D eigenvalue weighted by Gasteiger charge is -2.19. The van der Waals surface area contributed by atoms with Crippen molar-refractivity contribution in [3.63, 3.8) is 0 Å². The van der Waals surface area contributed by atoms with Gasteiger partial charge in [-0.15, -0.1) is 0 Å². The van der Waals surface area contributed by atoms with Crippen molar-refractivity contribution in [1.29, 1.82) is 0 Å². The number of benzene rings is 1. The number of rotatable bonds is 7. The molecule has 0 aliphatic rings. The van der Waals surface area contributed by atoms with Crippen molar-refractivity contribution in [3.8, 4) is 0 Å². The van der Waals surface area contributed by atoms with E-state index in [0.717, 1.165) is 6.54 Å². The lowest BCUT2D eigenvalue weighted by molar-refractivity contribution is 0.629. The third-order valence-corrected chi connectivity index (χ3v) is 3.58. The highest BCUT2D eigenvalue weighted by Crippen LogP contribution is 2.22. The maximum Gasteiger partial charge on any atom is 0.0577 e. The summed E-state index contributed by atoms with van der Waals surface area (Å²) in [5.74, 6) is 0. The third-order valence-electron chi connectivity index (χ3n) is 3.58. The van der Waals surface area contributed by atoms with E-state index in [9.17, 15) is 0 Å². The van der Waals surface area contributed by atoms with Crippen molar-refractivity contribution in [2.45, 2.75) is 39.2 Å². The van der Waals surface area contributed by atoms with Gasteiger partial charge in [0.15, 0.2) is 0 Å². The van der Waals surface area contributed by atoms with Gasteiger partial charge in [-0.05, 0) is 48.2 Å². The minimum atomic E-state index is 0.253. The van der Waals surface area contributed by atoms with E-state index >= 15 is 0 Å². The van der Waals surface area contributed by atoms with Gasteiger partial charge in [-0.2, -0.15) is 0 Å². The summed E-state index contributed by atoms with van der Waals surface area (Å²) in [5.41, 5.74) is 4.02. The molecule has 0 fully saturated rings. The van der Waals surface area contributed by atoms with Crippen molar-refractivity contribution < 1.29 is 0 Å². The Hall–Kier alpha value is -1.67. The molecular formula is C18H24N2. The molecule has 0 spiro atoms. The molecular weight excluding hydrogens is 244 g/mol. The molecule has 0 saturated carbocycles. The molecule has 1 atom stereocenters. The Labute approximate surface area is 122 Å². The second kappa shape index (κ2) is 7.81. The number of unbranched alkanes of at least 4 members (excludes halogenated alkanes) is 1. The van der Waals surface area contributed by atoms with Crippen LogP contribution in [0.15, 0.2) is 48.8 Å². The van der Waals surface area contributed by atoms with Crippen LogP contribution in [0.1, 0.15) is 49.4 Å². The molecule has 1 aromatic heterocycles. The summed E-state index contributed by atoms with van der Waals surface area (Å²) in [7, 11) is 0. The summed E-state index contributed by atoms with van der Waals surface area (Å²) in [6, 6.07) is 13.4. The minimum absolute atomic E-state index is 0.253. The Morgan fingerprint density at radius 1 is 0.950 bits per heavy atom. The fraction of sp³-hybridized carbons (Fsp3) is 0.389. The topological polar surface area (TPSA) is 24.9 Å². The van der Waals surface area contributed by atoms with Gasteiger partial charge in [-0.25, -0.2) is 0 Å². The molecule has 0 radical (unpaired) electrons. The van der Waals surface area contributed by atoms with Crippen LogP contribution in [-0.4, -0.2) is 11.5 Å². The maximum absolute atomic E-state index is 4.10. The van der Waals surface area contributed by atoms with E-state index in [1.54, 1.807) is 0 Å². The number of hydrogen-bond acceptors (Lipinski definition) is 2. The molecule has 0 saturated heterocycles. The molecule has 2 rings (SSSR count). The fourth-order valence-corrected chi connectivity index (χ4v) is 2.45. The molecule has 0 aliphatic heterocycles. The molecule has 1 aromatic carbocycles. The van der Waals surface area contributed by atoms with Gasteiger partial charge < -0.3 is 5.32 Å². The maximum atomic E-state index is 4.10. The summed E-state index contributed by atoms with van der Waals surface area (Å²) < 4.78 is 0. The van der Waals surface area contributed by atoms with E-state index in [4.69, 9.17) is 0 Å². The second-order valence-corrected chi connectivity index (χ2v) is 5.12. The van der Waals surface area contributed by atoms with Crippen molar-refractivity contribution in [2.75, 3.05) is 6.54 Å². The van der Waals surface area contributed by atoms with Crippen molar-refractivity contribution >= 4 is 0 Å². The largest absolute Gasteiger partial charge is 0.307 e. The quantitative estimate of drug-likeness (QED) is 0.817. The van der Waals surface area contributed by atoms with Crippen LogP contribution in [0, 0.1) is 0 Å². The number of aromatic nitrogens is 1. The third kappa shape index (κ3) is 3.91. The van der Waals surface area contributed by atoms with Crippen LogP contribution in [0.3, 0.4) is 0 Å². The lowest BCUT2D eigenvalue weighted by atomic mass is 9.97. The molecule has 2 aromatic rings. The lowest BCUT2D eigenvalue weighted by Crippen LogP contribution is -2.21. The summed E-state index contributed by atoms with van der Waals surface area (Å²) >= 11 is 0. The molecule has 2 nitrogen and oxygen atoms in total. The molecule has 1 N–H and O–H groups in total. The van der Waals surface area contributed by atoms with E-state index in [1.165, 1.54) is 36.0 Å². The van der Waals surface area contributed by atoms with Gasteiger partial charge in [0.1, 0.15) is 0 Å². The molecule has 0 aliphatic carbocycles. The first-order valence-electron chi connectivity index (χ1n) is 7.57. The predicted octanol–water partition coefficient (Wildman–Crippen LogP) is 4.12. The van der Waals surface area contributed by atoms with Gasteiger partial charge >= 0.3 is 0 Å². The highest BCUT2D eigenvalue weighted by molar-refractivity contribution is 5.32. The molecule has 0 bridgehead atoms. The Morgan fingerprint density at radius 3 is 2.20 bits per heavy atom. The Balaban J connectivity index is 2.17. The first-order valence-corrected chi connectivity index (χ1v) is 7.57. The fourth-order valence-electron chi connectivity index (χ4n) is 2.45. The van der Waals surface area contributed by atoms with Crippen molar-refractivity contribution in [3.05, 3.63) is 65.5 Å². The van der Waals surface area contributed by atoms with Crippen LogP contribution in [-0.2, 0) is 6.42 Å². The zero-order valence-corrected chi connectivity index (χ0v) is 12.5. The first kappa shape index (κ1) is 14.7. The standard InChI is InChI=1S/C18H24N2/c1-3-5-6-15-7-9-16(10-8-15)18(20-4-2)17-11-13-19-14-12-17/h7-14,18,20H,3-6H2,1-2H3. The van der Waals surface area contributed by atoms with Crippen LogP contribution in [0.25, 0.3) is 0 Å². The summed E-state index contributed by atoms with van der Waals surface area (Å²) in [6.45, 7) is 5.33. The van der Waals surface area contributed by atoms with Crippen molar-refractivity contribution in [1.82, 2.24) is 10.3 Å². The van der Waals surface area contributed by atoms with Gasteiger partial charge in [-0.3, -0.25) is 4.98 Å². The van der Waals surface area contributed by atoms with E-state index in [-0.39, 0.29) is 6.04 Å². The van der Waals surface area contributed by atoms with Gasteiger partial charge in [0.05, 0.1) is 6.04 Å². The van der Waals surface area contributed by atoms with Crippen LogP contribution in [0.2, 0.25) is 0 Å². The van der Waals surface area contributed by atoms with E-state index in [0.29, 0.717) is 0 Å². The molecule has 20 heavy (non-hydrogen) atoms. The van der Waals surface area contributed by atoms with Crippen LogP contribution < -0.4 is 5.32 Å². The number of nitrogens with one attached hydrogen (secondary N) is 1. The first-order chi connectivity index (χ1) is 9.85. The molecule has 2 heteroatoms. The monoisotopic (exact) mass is 268 g/mol. The predicted molar refractivity (Wildman–Crippen MR) is 84.8 cm³/mol. The van der Waals surface area contributed by atoms with Crippen LogP contribution in [0.4, 0.5) is 0 Å².